The van der Waals surface area contributed by atoms with Gasteiger partial charge < -0.3 is 0 Å². The molecule has 3 nitrogen and oxygen atoms in total. The molecule has 1 aromatic rings. The second kappa shape index (κ2) is 4.35. The smallest absolute Gasteiger partial charge is 0.236 e. The number of hydrogen-bond acceptors (Lipinski definition) is 2. The zero-order valence-corrected chi connectivity index (χ0v) is 7.12. The highest BCUT2D eigenvalue weighted by Gasteiger charge is 1.90. The summed E-state index contributed by atoms with van der Waals surface area (Å²) < 4.78 is 12.6. The van der Waals surface area contributed by atoms with E-state index in [0.29, 0.717) is 5.56 Å². The lowest BCUT2D eigenvalue weighted by Crippen LogP contribution is -2.12. The summed E-state index contributed by atoms with van der Waals surface area (Å²) in [5.74, 6) is -0.584. The second-order valence-electron chi connectivity index (χ2n) is 2.48. The fourth-order valence-electron chi connectivity index (χ4n) is 0.785. The highest BCUT2D eigenvalue weighted by Crippen LogP contribution is 1.99. The Balaban J connectivity index is 2.63. The maximum atomic E-state index is 12.6. The van der Waals surface area contributed by atoms with E-state index in [0.717, 1.165) is 0 Å². The van der Waals surface area contributed by atoms with Gasteiger partial charge in [-0.25, -0.2) is 9.82 Å². The molecule has 0 radical (unpaired) electrons. The molecule has 0 saturated carbocycles. The molecule has 1 aromatic carbocycles. The molecule has 0 aliphatic carbocycles. The summed E-state index contributed by atoms with van der Waals surface area (Å²) in [5.41, 5.74) is 2.83. The predicted molar refractivity (Wildman–Crippen MR) is 47.8 cm³/mol. The summed E-state index contributed by atoms with van der Waals surface area (Å²) in [6.07, 6.45) is 1.38. The van der Waals surface area contributed by atoms with Crippen LogP contribution in [-0.2, 0) is 4.79 Å². The highest BCUT2D eigenvalue weighted by molar-refractivity contribution is 5.81. The molecule has 0 unspecified atom stereocenters. The Labute approximate surface area is 75.3 Å². The van der Waals surface area contributed by atoms with Gasteiger partial charge in [0.15, 0.2) is 0 Å². The van der Waals surface area contributed by atoms with Crippen molar-refractivity contribution >= 4 is 12.1 Å². The number of nitrogens with one attached hydrogen (secondary N) is 1. The molecule has 68 valence electrons. The van der Waals surface area contributed by atoms with Crippen molar-refractivity contribution in [2.75, 3.05) is 0 Å². The van der Waals surface area contributed by atoms with E-state index >= 15 is 0 Å². The van der Waals surface area contributed by atoms with Crippen molar-refractivity contribution in [3.8, 4) is 0 Å². The van der Waals surface area contributed by atoms with Crippen LogP contribution in [0, 0.1) is 5.82 Å². The summed E-state index contributed by atoms with van der Waals surface area (Å²) in [7, 11) is 0. The first-order chi connectivity index (χ1) is 6.18. The van der Waals surface area contributed by atoms with Gasteiger partial charge in [0, 0.05) is 6.92 Å². The lowest BCUT2D eigenvalue weighted by molar-refractivity contribution is -0.118. The van der Waals surface area contributed by atoms with Gasteiger partial charge in [-0.1, -0.05) is 12.1 Å². The molecule has 13 heavy (non-hydrogen) atoms. The van der Waals surface area contributed by atoms with Gasteiger partial charge in [0.05, 0.1) is 6.21 Å². The molecular weight excluding hydrogens is 171 g/mol. The zero-order chi connectivity index (χ0) is 9.68. The Morgan fingerprint density at radius 3 is 3.00 bits per heavy atom. The quantitative estimate of drug-likeness (QED) is 0.540. The van der Waals surface area contributed by atoms with Gasteiger partial charge in [0.25, 0.3) is 0 Å². The maximum Gasteiger partial charge on any atom is 0.236 e. The van der Waals surface area contributed by atoms with Gasteiger partial charge in [-0.05, 0) is 17.7 Å². The molecule has 0 heterocycles. The van der Waals surface area contributed by atoms with Crippen LogP contribution in [0.4, 0.5) is 4.39 Å². The molecule has 1 rings (SSSR count). The summed E-state index contributed by atoms with van der Waals surface area (Å²) in [4.78, 5) is 10.4. The van der Waals surface area contributed by atoms with Crippen molar-refractivity contribution in [3.63, 3.8) is 0 Å². The fourth-order valence-corrected chi connectivity index (χ4v) is 0.785. The number of hydrazone groups is 1. The molecule has 0 bridgehead atoms. The first-order valence-electron chi connectivity index (χ1n) is 3.73. The lowest BCUT2D eigenvalue weighted by Gasteiger charge is -1.93. The molecular formula is C9H9FN2O. The standard InChI is InChI=1S/C9H9FN2O/c1-7(13)12-11-6-8-3-2-4-9(10)5-8/h2-6H,1H3,(H,12,13)/b11-6+. The Kier molecular flexibility index (Phi) is 3.14. The molecule has 0 aromatic heterocycles. The number of amides is 1. The Hall–Kier alpha value is -1.71. The molecule has 4 heteroatoms. The van der Waals surface area contributed by atoms with E-state index in [9.17, 15) is 9.18 Å². The van der Waals surface area contributed by atoms with Crippen molar-refractivity contribution in [3.05, 3.63) is 35.6 Å². The van der Waals surface area contributed by atoms with Crippen LogP contribution in [0.15, 0.2) is 29.4 Å². The number of nitrogens with zero attached hydrogens (tertiary/aromatic N) is 1. The lowest BCUT2D eigenvalue weighted by atomic mass is 10.2. The van der Waals surface area contributed by atoms with Crippen molar-refractivity contribution in [1.82, 2.24) is 5.43 Å². The van der Waals surface area contributed by atoms with Crippen LogP contribution in [0.2, 0.25) is 0 Å². The van der Waals surface area contributed by atoms with E-state index in [2.05, 4.69) is 10.5 Å². The first kappa shape index (κ1) is 9.38. The minimum absolute atomic E-state index is 0.257. The third kappa shape index (κ3) is 3.46. The molecule has 0 aliphatic rings. The summed E-state index contributed by atoms with van der Waals surface area (Å²) >= 11 is 0. The van der Waals surface area contributed by atoms with E-state index in [-0.39, 0.29) is 11.7 Å². The van der Waals surface area contributed by atoms with Crippen LogP contribution >= 0.6 is 0 Å². The molecule has 0 aliphatic heterocycles. The highest BCUT2D eigenvalue weighted by atomic mass is 19.1. The minimum atomic E-state index is -0.327. The average Bonchev–Trinajstić information content (AvgIpc) is 2.03. The van der Waals surface area contributed by atoms with E-state index in [1.54, 1.807) is 12.1 Å². The molecule has 0 spiro atoms. The van der Waals surface area contributed by atoms with Crippen molar-refractivity contribution in [1.29, 1.82) is 0 Å². The van der Waals surface area contributed by atoms with E-state index in [1.165, 1.54) is 25.3 Å². The zero-order valence-electron chi connectivity index (χ0n) is 7.12. The molecule has 0 saturated heterocycles. The Morgan fingerprint density at radius 1 is 1.62 bits per heavy atom. The van der Waals surface area contributed by atoms with Crippen LogP contribution in [0.25, 0.3) is 0 Å². The molecule has 1 N–H and O–H groups in total. The van der Waals surface area contributed by atoms with Gasteiger partial charge in [-0.2, -0.15) is 5.10 Å². The van der Waals surface area contributed by atoms with Gasteiger partial charge in [0.1, 0.15) is 5.82 Å². The van der Waals surface area contributed by atoms with Crippen LogP contribution < -0.4 is 5.43 Å². The van der Waals surface area contributed by atoms with Crippen molar-refractivity contribution < 1.29 is 9.18 Å². The van der Waals surface area contributed by atoms with E-state index < -0.39 is 0 Å². The van der Waals surface area contributed by atoms with Crippen molar-refractivity contribution in [2.24, 2.45) is 5.10 Å². The fraction of sp³-hybridized carbons (Fsp3) is 0.111. The van der Waals surface area contributed by atoms with Gasteiger partial charge in [-0.15, -0.1) is 0 Å². The SMILES string of the molecule is CC(=O)N/N=C/c1cccc(F)c1. The number of benzene rings is 1. The summed E-state index contributed by atoms with van der Waals surface area (Å²) in [5, 5.41) is 3.59. The average molecular weight is 180 g/mol. The molecule has 0 fully saturated rings. The number of rotatable bonds is 2. The Bertz CT molecular complexity index is 336. The topological polar surface area (TPSA) is 41.5 Å². The number of hydrogen-bond donors (Lipinski definition) is 1. The third-order valence-corrected chi connectivity index (χ3v) is 1.28. The second-order valence-corrected chi connectivity index (χ2v) is 2.48. The Morgan fingerprint density at radius 2 is 2.38 bits per heavy atom. The van der Waals surface area contributed by atoms with Gasteiger partial charge in [0.2, 0.25) is 5.91 Å². The molecule has 1 amide bonds. The first-order valence-corrected chi connectivity index (χ1v) is 3.73. The predicted octanol–water partition coefficient (Wildman–Crippen LogP) is 1.30. The van der Waals surface area contributed by atoms with Crippen molar-refractivity contribution in [2.45, 2.75) is 6.92 Å². The molecule has 0 atom stereocenters. The van der Waals surface area contributed by atoms with Crippen LogP contribution in [-0.4, -0.2) is 12.1 Å². The van der Waals surface area contributed by atoms with Crippen LogP contribution in [0.1, 0.15) is 12.5 Å². The van der Waals surface area contributed by atoms with E-state index in [4.69, 9.17) is 0 Å². The van der Waals surface area contributed by atoms with Crippen LogP contribution in [0.3, 0.4) is 0 Å². The van der Waals surface area contributed by atoms with Crippen LogP contribution in [0.5, 0.6) is 0 Å². The van der Waals surface area contributed by atoms with E-state index in [1.807, 2.05) is 0 Å². The normalized spacial score (nSPS) is 10.3. The minimum Gasteiger partial charge on any atom is -0.274 e. The monoisotopic (exact) mass is 180 g/mol. The largest absolute Gasteiger partial charge is 0.274 e. The summed E-state index contributed by atoms with van der Waals surface area (Å²) in [6, 6.07) is 5.93. The summed E-state index contributed by atoms with van der Waals surface area (Å²) in [6.45, 7) is 1.35. The number of carbonyl (C=O) groups is 1. The van der Waals surface area contributed by atoms with Gasteiger partial charge in [-0.3, -0.25) is 4.79 Å². The maximum absolute atomic E-state index is 12.6. The third-order valence-electron chi connectivity index (χ3n) is 1.28. The van der Waals surface area contributed by atoms with Gasteiger partial charge >= 0.3 is 0 Å². The number of carbonyl (C=O) groups excluding carboxylic acids is 1. The number of halogens is 1.